The van der Waals surface area contributed by atoms with Crippen LogP contribution in [0.25, 0.3) is 0 Å². The van der Waals surface area contributed by atoms with Gasteiger partial charge in [0.1, 0.15) is 0 Å². The summed E-state index contributed by atoms with van der Waals surface area (Å²) in [6, 6.07) is 8.89. The van der Waals surface area contributed by atoms with Crippen molar-refractivity contribution in [3.05, 3.63) is 29.8 Å². The predicted octanol–water partition coefficient (Wildman–Crippen LogP) is 3.36. The first-order valence-corrected chi connectivity index (χ1v) is 12.0. The fraction of sp³-hybridized carbons (Fsp3) is 0.682. The summed E-state index contributed by atoms with van der Waals surface area (Å²) in [5, 5.41) is 6.76. The Hall–Kier alpha value is -0.710. The molecule has 0 aliphatic carbocycles. The van der Waals surface area contributed by atoms with Crippen molar-refractivity contribution < 1.29 is 9.47 Å². The summed E-state index contributed by atoms with van der Waals surface area (Å²) in [6.45, 7) is 7.36. The summed E-state index contributed by atoms with van der Waals surface area (Å²) in [6.07, 6.45) is 3.24. The molecule has 2 heterocycles. The van der Waals surface area contributed by atoms with Crippen LogP contribution in [0.1, 0.15) is 24.8 Å². The van der Waals surface area contributed by atoms with Crippen molar-refractivity contribution in [2.45, 2.75) is 25.8 Å². The zero-order chi connectivity index (χ0) is 20.2. The van der Waals surface area contributed by atoms with Gasteiger partial charge in [0, 0.05) is 76.8 Å². The average molecular weight is 549 g/mol. The normalized spacial score (nSPS) is 18.0. The number of thioether (sulfide) groups is 1. The second-order valence-electron chi connectivity index (χ2n) is 7.60. The van der Waals surface area contributed by atoms with Crippen molar-refractivity contribution in [2.75, 3.05) is 69.5 Å². The van der Waals surface area contributed by atoms with Gasteiger partial charge in [0.15, 0.2) is 5.96 Å². The third-order valence-electron chi connectivity index (χ3n) is 5.45. The summed E-state index contributed by atoms with van der Waals surface area (Å²) in [5.74, 6) is 3.97. The molecular weight excluding hydrogens is 511 g/mol. The van der Waals surface area contributed by atoms with Crippen LogP contribution in [0.3, 0.4) is 0 Å². The van der Waals surface area contributed by atoms with Crippen LogP contribution in [0.2, 0.25) is 0 Å². The van der Waals surface area contributed by atoms with E-state index in [9.17, 15) is 0 Å². The fourth-order valence-electron chi connectivity index (χ4n) is 3.60. The summed E-state index contributed by atoms with van der Waals surface area (Å²) >= 11 is 2.04. The monoisotopic (exact) mass is 548 g/mol. The van der Waals surface area contributed by atoms with Crippen LogP contribution in [-0.4, -0.2) is 70.6 Å². The van der Waals surface area contributed by atoms with Gasteiger partial charge in [-0.25, -0.2) is 0 Å². The lowest BCUT2D eigenvalue weighted by Gasteiger charge is -2.28. The highest BCUT2D eigenvalue weighted by atomic mass is 127. The number of anilines is 1. The molecule has 2 aliphatic heterocycles. The van der Waals surface area contributed by atoms with Crippen molar-refractivity contribution in [1.82, 2.24) is 10.6 Å². The van der Waals surface area contributed by atoms with Gasteiger partial charge in [0.25, 0.3) is 0 Å². The first-order chi connectivity index (χ1) is 14.3. The molecule has 3 rings (SSSR count). The minimum absolute atomic E-state index is 0. The molecule has 0 bridgehead atoms. The lowest BCUT2D eigenvalue weighted by Crippen LogP contribution is -2.37. The Bertz CT molecular complexity index is 606. The van der Waals surface area contributed by atoms with Crippen molar-refractivity contribution in [3.63, 3.8) is 0 Å². The van der Waals surface area contributed by atoms with E-state index in [2.05, 4.69) is 44.8 Å². The second-order valence-corrected chi connectivity index (χ2v) is 8.83. The molecule has 6 nitrogen and oxygen atoms in total. The van der Waals surface area contributed by atoms with Crippen molar-refractivity contribution in [3.8, 4) is 0 Å². The molecule has 8 heteroatoms. The van der Waals surface area contributed by atoms with Crippen LogP contribution in [0.15, 0.2) is 29.3 Å². The highest BCUT2D eigenvalue weighted by molar-refractivity contribution is 14.0. The van der Waals surface area contributed by atoms with Crippen LogP contribution in [0, 0.1) is 5.92 Å². The Morgan fingerprint density at radius 3 is 2.60 bits per heavy atom. The van der Waals surface area contributed by atoms with Crippen LogP contribution in [0.4, 0.5) is 5.69 Å². The quantitative estimate of drug-likeness (QED) is 0.214. The van der Waals surface area contributed by atoms with Crippen LogP contribution in [0.5, 0.6) is 0 Å². The molecule has 1 aromatic carbocycles. The number of aliphatic imine (C=N–C) groups is 1. The number of nitrogens with one attached hydrogen (secondary N) is 2. The van der Waals surface area contributed by atoms with Gasteiger partial charge in [-0.15, -0.1) is 24.0 Å². The summed E-state index contributed by atoms with van der Waals surface area (Å²) in [5.41, 5.74) is 2.60. The van der Waals surface area contributed by atoms with E-state index in [1.54, 1.807) is 0 Å². The van der Waals surface area contributed by atoms with Gasteiger partial charge in [-0.1, -0.05) is 12.1 Å². The van der Waals surface area contributed by atoms with E-state index in [-0.39, 0.29) is 24.0 Å². The average Bonchev–Trinajstić information content (AvgIpc) is 2.80. The maximum atomic E-state index is 5.82. The Balaban J connectivity index is 0.00000320. The molecule has 0 radical (unpaired) electrons. The molecule has 0 unspecified atom stereocenters. The highest BCUT2D eigenvalue weighted by Gasteiger charge is 2.13. The maximum absolute atomic E-state index is 5.82. The fourth-order valence-corrected chi connectivity index (χ4v) is 4.50. The van der Waals surface area contributed by atoms with Crippen molar-refractivity contribution in [1.29, 1.82) is 0 Å². The van der Waals surface area contributed by atoms with Gasteiger partial charge in [-0.3, -0.25) is 4.99 Å². The Morgan fingerprint density at radius 1 is 1.17 bits per heavy atom. The van der Waals surface area contributed by atoms with Crippen LogP contribution < -0.4 is 15.5 Å². The maximum Gasteiger partial charge on any atom is 0.191 e. The third kappa shape index (κ3) is 9.20. The second kappa shape index (κ2) is 15.2. The van der Waals surface area contributed by atoms with Gasteiger partial charge in [-0.05, 0) is 42.9 Å². The molecular formula is C22H37IN4O2S. The predicted molar refractivity (Wildman–Crippen MR) is 139 cm³/mol. The zero-order valence-electron chi connectivity index (χ0n) is 18.1. The van der Waals surface area contributed by atoms with Crippen molar-refractivity contribution >= 4 is 47.4 Å². The van der Waals surface area contributed by atoms with Gasteiger partial charge in [0.05, 0.1) is 0 Å². The SMILES string of the molecule is CN=C(NCCCOCC1CCOCC1)NCc1ccc(N2CCSCC2)cc1.I. The molecule has 0 saturated carbocycles. The number of hydrogen-bond donors (Lipinski definition) is 2. The lowest BCUT2D eigenvalue weighted by molar-refractivity contribution is 0.0203. The summed E-state index contributed by atoms with van der Waals surface area (Å²) < 4.78 is 11.2. The van der Waals surface area contributed by atoms with Crippen LogP contribution in [-0.2, 0) is 16.0 Å². The van der Waals surface area contributed by atoms with Gasteiger partial charge in [0.2, 0.25) is 0 Å². The molecule has 0 atom stereocenters. The van der Waals surface area contributed by atoms with E-state index < -0.39 is 0 Å². The first kappa shape index (κ1) is 25.5. The number of hydrogen-bond acceptors (Lipinski definition) is 5. The van der Waals surface area contributed by atoms with Crippen molar-refractivity contribution in [2.24, 2.45) is 10.9 Å². The van der Waals surface area contributed by atoms with E-state index in [1.807, 2.05) is 18.8 Å². The minimum atomic E-state index is 0. The molecule has 1 aromatic rings. The van der Waals surface area contributed by atoms with E-state index in [0.29, 0.717) is 5.92 Å². The third-order valence-corrected chi connectivity index (χ3v) is 6.39. The standard InChI is InChI=1S/C22H36N4O2S.HI/c1-23-22(24-9-2-12-28-18-20-7-13-27-14-8-20)25-17-19-3-5-21(6-4-19)26-10-15-29-16-11-26;/h3-6,20H,2,7-18H2,1H3,(H2,23,24,25);1H. The van der Waals surface area contributed by atoms with Gasteiger partial charge in [-0.2, -0.15) is 11.8 Å². The number of halogens is 1. The first-order valence-electron chi connectivity index (χ1n) is 10.9. The smallest absolute Gasteiger partial charge is 0.191 e. The topological polar surface area (TPSA) is 58.1 Å². The Morgan fingerprint density at radius 2 is 1.90 bits per heavy atom. The highest BCUT2D eigenvalue weighted by Crippen LogP contribution is 2.19. The number of ether oxygens (including phenoxy) is 2. The number of rotatable bonds is 9. The molecule has 2 saturated heterocycles. The number of nitrogens with zero attached hydrogens (tertiary/aromatic N) is 2. The van der Waals surface area contributed by atoms with E-state index in [4.69, 9.17) is 9.47 Å². The minimum Gasteiger partial charge on any atom is -0.381 e. The lowest BCUT2D eigenvalue weighted by atomic mass is 10.0. The zero-order valence-corrected chi connectivity index (χ0v) is 21.3. The molecule has 30 heavy (non-hydrogen) atoms. The molecule has 0 spiro atoms. The Kier molecular flexibility index (Phi) is 12.9. The van der Waals surface area contributed by atoms with E-state index in [1.165, 1.54) is 22.8 Å². The van der Waals surface area contributed by atoms with Gasteiger partial charge >= 0.3 is 0 Å². The van der Waals surface area contributed by atoms with E-state index >= 15 is 0 Å². The Labute approximate surface area is 203 Å². The largest absolute Gasteiger partial charge is 0.381 e. The molecule has 0 aromatic heterocycles. The molecule has 0 amide bonds. The molecule has 2 fully saturated rings. The summed E-state index contributed by atoms with van der Waals surface area (Å²) in [7, 11) is 1.81. The number of guanidine groups is 1. The molecule has 2 aliphatic rings. The van der Waals surface area contributed by atoms with Gasteiger partial charge < -0.3 is 25.0 Å². The molecule has 2 N–H and O–H groups in total. The summed E-state index contributed by atoms with van der Waals surface area (Å²) in [4.78, 5) is 6.79. The number of benzene rings is 1. The van der Waals surface area contributed by atoms with Crippen LogP contribution >= 0.6 is 35.7 Å². The van der Waals surface area contributed by atoms with E-state index in [0.717, 1.165) is 77.8 Å². The molecule has 170 valence electrons.